The summed E-state index contributed by atoms with van der Waals surface area (Å²) in [6.45, 7) is 2.70. The Kier molecular flexibility index (Phi) is 3.55. The lowest BCUT2D eigenvalue weighted by molar-refractivity contribution is 0.326. The van der Waals surface area contributed by atoms with Gasteiger partial charge in [0.1, 0.15) is 5.75 Å². The molecule has 0 N–H and O–H groups in total. The Bertz CT molecular complexity index is 902. The Hall–Kier alpha value is -1.97. The second-order valence-corrected chi connectivity index (χ2v) is 6.47. The standard InChI is InChI=1S/C18H14Cl2N2O/c1-11-2-4-14-17(8-11)23-7-6-12-10-21-22(18(12)14)16-5-3-13(19)9-15(16)20/h2-5,8-10H,6-7H2,1H3. The maximum atomic E-state index is 6.38. The van der Waals surface area contributed by atoms with Gasteiger partial charge in [0.15, 0.2) is 0 Å². The highest BCUT2D eigenvalue weighted by molar-refractivity contribution is 6.35. The van der Waals surface area contributed by atoms with Gasteiger partial charge in [-0.1, -0.05) is 29.3 Å². The number of aryl methyl sites for hydroxylation is 1. The van der Waals surface area contributed by atoms with Crippen molar-refractivity contribution >= 4 is 23.2 Å². The van der Waals surface area contributed by atoms with Gasteiger partial charge in [-0.25, -0.2) is 4.68 Å². The highest BCUT2D eigenvalue weighted by Gasteiger charge is 2.22. The number of rotatable bonds is 1. The van der Waals surface area contributed by atoms with Crippen molar-refractivity contribution in [3.63, 3.8) is 0 Å². The minimum Gasteiger partial charge on any atom is -0.493 e. The van der Waals surface area contributed by atoms with Crippen LogP contribution in [0.4, 0.5) is 0 Å². The molecule has 0 amide bonds. The average molecular weight is 345 g/mol. The SMILES string of the molecule is Cc1ccc2c(c1)OCCc1cnn(-c3ccc(Cl)cc3Cl)c1-2. The molecule has 4 rings (SSSR count). The zero-order valence-corrected chi connectivity index (χ0v) is 14.0. The third kappa shape index (κ3) is 2.50. The Morgan fingerprint density at radius 1 is 1.13 bits per heavy atom. The predicted molar refractivity (Wildman–Crippen MR) is 93.0 cm³/mol. The van der Waals surface area contributed by atoms with Crippen molar-refractivity contribution in [2.45, 2.75) is 13.3 Å². The van der Waals surface area contributed by atoms with Crippen LogP contribution in [0, 0.1) is 6.92 Å². The first-order valence-corrected chi connectivity index (χ1v) is 8.15. The molecule has 0 atom stereocenters. The molecule has 0 radical (unpaired) electrons. The lowest BCUT2D eigenvalue weighted by Crippen LogP contribution is -2.01. The highest BCUT2D eigenvalue weighted by atomic mass is 35.5. The first kappa shape index (κ1) is 14.6. The number of hydrogen-bond acceptors (Lipinski definition) is 2. The third-order valence-electron chi connectivity index (χ3n) is 4.00. The summed E-state index contributed by atoms with van der Waals surface area (Å²) in [5, 5.41) is 5.73. The number of benzene rings is 2. The van der Waals surface area contributed by atoms with E-state index in [2.05, 4.69) is 30.2 Å². The van der Waals surface area contributed by atoms with E-state index in [-0.39, 0.29) is 0 Å². The fourth-order valence-corrected chi connectivity index (χ4v) is 3.39. The van der Waals surface area contributed by atoms with E-state index in [0.29, 0.717) is 16.7 Å². The molecule has 1 aromatic heterocycles. The molecule has 0 bridgehead atoms. The molecule has 0 spiro atoms. The number of nitrogens with zero attached hydrogens (tertiary/aromatic N) is 2. The van der Waals surface area contributed by atoms with Gasteiger partial charge in [0.2, 0.25) is 0 Å². The van der Waals surface area contributed by atoms with E-state index >= 15 is 0 Å². The van der Waals surface area contributed by atoms with E-state index in [1.807, 2.05) is 23.0 Å². The van der Waals surface area contributed by atoms with Crippen molar-refractivity contribution in [2.75, 3.05) is 6.61 Å². The van der Waals surface area contributed by atoms with Gasteiger partial charge >= 0.3 is 0 Å². The first-order chi connectivity index (χ1) is 11.1. The van der Waals surface area contributed by atoms with Gasteiger partial charge in [-0.05, 0) is 42.8 Å². The topological polar surface area (TPSA) is 27.1 Å². The summed E-state index contributed by atoms with van der Waals surface area (Å²) in [6, 6.07) is 11.7. The van der Waals surface area contributed by atoms with E-state index < -0.39 is 0 Å². The summed E-state index contributed by atoms with van der Waals surface area (Å²) in [7, 11) is 0. The summed E-state index contributed by atoms with van der Waals surface area (Å²) in [6.07, 6.45) is 2.70. The van der Waals surface area contributed by atoms with Crippen LogP contribution < -0.4 is 4.74 Å². The lowest BCUT2D eigenvalue weighted by atomic mass is 10.0. The summed E-state index contributed by atoms with van der Waals surface area (Å²) in [5.41, 5.74) is 5.19. The Balaban J connectivity index is 1.97. The van der Waals surface area contributed by atoms with Crippen LogP contribution in [-0.4, -0.2) is 16.4 Å². The molecular formula is C18H14Cl2N2O. The van der Waals surface area contributed by atoms with Crippen molar-refractivity contribution < 1.29 is 4.74 Å². The molecule has 23 heavy (non-hydrogen) atoms. The van der Waals surface area contributed by atoms with Gasteiger partial charge in [-0.15, -0.1) is 0 Å². The lowest BCUT2D eigenvalue weighted by Gasteiger charge is -2.13. The number of halogens is 2. The predicted octanol–water partition coefficient (Wildman–Crippen LogP) is 5.09. The van der Waals surface area contributed by atoms with Gasteiger partial charge in [0, 0.05) is 22.6 Å². The van der Waals surface area contributed by atoms with Crippen molar-refractivity contribution in [1.82, 2.24) is 9.78 Å². The van der Waals surface area contributed by atoms with Crippen LogP contribution in [0.3, 0.4) is 0 Å². The van der Waals surface area contributed by atoms with Crippen LogP contribution in [0.25, 0.3) is 16.9 Å². The molecule has 116 valence electrons. The normalized spacial score (nSPS) is 13.0. The molecule has 3 aromatic rings. The second-order valence-electron chi connectivity index (χ2n) is 5.62. The van der Waals surface area contributed by atoms with Crippen molar-refractivity contribution in [3.8, 4) is 22.7 Å². The van der Waals surface area contributed by atoms with E-state index in [4.69, 9.17) is 27.9 Å². The molecule has 0 fully saturated rings. The smallest absolute Gasteiger partial charge is 0.128 e. The summed E-state index contributed by atoms with van der Waals surface area (Å²) >= 11 is 12.4. The Morgan fingerprint density at radius 2 is 2.00 bits per heavy atom. The molecule has 1 aliphatic rings. The van der Waals surface area contributed by atoms with Crippen LogP contribution in [-0.2, 0) is 6.42 Å². The number of ether oxygens (including phenoxy) is 1. The van der Waals surface area contributed by atoms with Crippen LogP contribution in [0.2, 0.25) is 10.0 Å². The van der Waals surface area contributed by atoms with Crippen LogP contribution in [0.1, 0.15) is 11.1 Å². The van der Waals surface area contributed by atoms with Crippen LogP contribution >= 0.6 is 23.2 Å². The van der Waals surface area contributed by atoms with E-state index in [0.717, 1.165) is 34.7 Å². The summed E-state index contributed by atoms with van der Waals surface area (Å²) < 4.78 is 7.79. The molecule has 2 heterocycles. The molecule has 0 aliphatic carbocycles. The summed E-state index contributed by atoms with van der Waals surface area (Å²) in [5.74, 6) is 0.885. The number of hydrogen-bond donors (Lipinski definition) is 0. The zero-order chi connectivity index (χ0) is 16.0. The molecule has 0 unspecified atom stereocenters. The van der Waals surface area contributed by atoms with Crippen molar-refractivity contribution in [3.05, 3.63) is 63.8 Å². The third-order valence-corrected chi connectivity index (χ3v) is 4.54. The number of fused-ring (bicyclic) bond motifs is 3. The fraction of sp³-hybridized carbons (Fsp3) is 0.167. The zero-order valence-electron chi connectivity index (χ0n) is 12.5. The Labute approximate surface area is 144 Å². The number of aromatic nitrogens is 2. The van der Waals surface area contributed by atoms with E-state index in [1.54, 1.807) is 6.07 Å². The van der Waals surface area contributed by atoms with E-state index in [9.17, 15) is 0 Å². The molecular weight excluding hydrogens is 331 g/mol. The molecule has 0 saturated carbocycles. The maximum absolute atomic E-state index is 6.38. The minimum absolute atomic E-state index is 0.572. The van der Waals surface area contributed by atoms with Crippen molar-refractivity contribution in [2.24, 2.45) is 0 Å². The highest BCUT2D eigenvalue weighted by Crippen LogP contribution is 2.38. The summed E-state index contributed by atoms with van der Waals surface area (Å²) in [4.78, 5) is 0. The minimum atomic E-state index is 0.572. The molecule has 2 aromatic carbocycles. The second kappa shape index (κ2) is 5.59. The fourth-order valence-electron chi connectivity index (χ4n) is 2.90. The van der Waals surface area contributed by atoms with Crippen molar-refractivity contribution in [1.29, 1.82) is 0 Å². The average Bonchev–Trinajstić information content (AvgIpc) is 2.83. The van der Waals surface area contributed by atoms with Gasteiger partial charge in [0.05, 0.1) is 29.2 Å². The molecule has 3 nitrogen and oxygen atoms in total. The molecule has 0 saturated heterocycles. The first-order valence-electron chi connectivity index (χ1n) is 7.39. The quantitative estimate of drug-likeness (QED) is 0.614. The van der Waals surface area contributed by atoms with Gasteiger partial charge in [-0.3, -0.25) is 0 Å². The maximum Gasteiger partial charge on any atom is 0.128 e. The van der Waals surface area contributed by atoms with E-state index in [1.165, 1.54) is 5.56 Å². The molecule has 1 aliphatic heterocycles. The van der Waals surface area contributed by atoms with Gasteiger partial charge in [0.25, 0.3) is 0 Å². The van der Waals surface area contributed by atoms with Gasteiger partial charge < -0.3 is 4.74 Å². The largest absolute Gasteiger partial charge is 0.493 e. The van der Waals surface area contributed by atoms with Crippen LogP contribution in [0.15, 0.2) is 42.6 Å². The van der Waals surface area contributed by atoms with Crippen LogP contribution in [0.5, 0.6) is 5.75 Å². The van der Waals surface area contributed by atoms with Gasteiger partial charge in [-0.2, -0.15) is 5.10 Å². The molecule has 5 heteroatoms. The Morgan fingerprint density at radius 3 is 2.83 bits per heavy atom. The monoisotopic (exact) mass is 344 g/mol.